The van der Waals surface area contributed by atoms with E-state index in [1.165, 1.54) is 4.31 Å². The molecule has 0 aromatic rings. The maximum Gasteiger partial charge on any atom is 0.282 e. The minimum atomic E-state index is -3.25. The minimum absolute atomic E-state index is 0.225. The monoisotopic (exact) mass is 312 g/mol. The zero-order chi connectivity index (χ0) is 12.2. The first kappa shape index (κ1) is 14.4. The molecule has 0 aromatic carbocycles. The van der Waals surface area contributed by atoms with Crippen LogP contribution in [0.4, 0.5) is 0 Å². The van der Waals surface area contributed by atoms with Crippen molar-refractivity contribution < 1.29 is 8.42 Å². The minimum Gasteiger partial charge on any atom is -0.195 e. The molecule has 1 aliphatic carbocycles. The van der Waals surface area contributed by atoms with Gasteiger partial charge in [0.25, 0.3) is 10.2 Å². The van der Waals surface area contributed by atoms with E-state index in [2.05, 4.69) is 15.9 Å². The summed E-state index contributed by atoms with van der Waals surface area (Å²) in [7, 11) is -3.25. The molecular weight excluding hydrogens is 292 g/mol. The summed E-state index contributed by atoms with van der Waals surface area (Å²) in [4.78, 5) is 0. The quantitative estimate of drug-likeness (QED) is 0.673. The third kappa shape index (κ3) is 2.97. The van der Waals surface area contributed by atoms with Crippen LogP contribution in [0.1, 0.15) is 33.1 Å². The molecule has 0 atom stereocenters. The molecule has 0 aliphatic heterocycles. The van der Waals surface area contributed by atoms with E-state index in [0.29, 0.717) is 25.0 Å². The molecule has 0 unspecified atom stereocenters. The molecule has 6 heteroatoms. The summed E-state index contributed by atoms with van der Waals surface area (Å²) in [5.74, 6) is 0. The largest absolute Gasteiger partial charge is 0.282 e. The van der Waals surface area contributed by atoms with Crippen LogP contribution >= 0.6 is 15.9 Å². The summed E-state index contributed by atoms with van der Waals surface area (Å²) in [6, 6.07) is 0.225. The molecule has 0 bridgehead atoms. The molecule has 96 valence electrons. The van der Waals surface area contributed by atoms with E-state index in [1.54, 1.807) is 4.31 Å². The highest BCUT2D eigenvalue weighted by molar-refractivity contribution is 9.09. The van der Waals surface area contributed by atoms with Crippen molar-refractivity contribution in [3.63, 3.8) is 0 Å². The highest BCUT2D eigenvalue weighted by Gasteiger charge is 2.35. The van der Waals surface area contributed by atoms with Crippen molar-refractivity contribution in [2.45, 2.75) is 39.2 Å². The molecule has 0 spiro atoms. The molecule has 0 aromatic heterocycles. The van der Waals surface area contributed by atoms with E-state index < -0.39 is 10.2 Å². The lowest BCUT2D eigenvalue weighted by atomic mass is 9.93. The molecule has 1 rings (SSSR count). The van der Waals surface area contributed by atoms with Crippen LogP contribution < -0.4 is 0 Å². The first-order valence-corrected chi connectivity index (χ1v) is 8.42. The lowest BCUT2D eigenvalue weighted by Gasteiger charge is -2.38. The molecule has 0 heterocycles. The van der Waals surface area contributed by atoms with Gasteiger partial charge in [0.05, 0.1) is 0 Å². The second-order valence-corrected chi connectivity index (χ2v) is 6.65. The SMILES string of the molecule is CCN(CC)S(=O)(=O)N(CCBr)C1CCC1. The molecule has 1 fully saturated rings. The molecule has 1 saturated carbocycles. The van der Waals surface area contributed by atoms with Gasteiger partial charge >= 0.3 is 0 Å². The summed E-state index contributed by atoms with van der Waals surface area (Å²) in [5, 5.41) is 0.698. The van der Waals surface area contributed by atoms with Crippen LogP contribution in [0.25, 0.3) is 0 Å². The Kier molecular flexibility index (Phi) is 5.70. The van der Waals surface area contributed by atoms with Crippen LogP contribution in [0.3, 0.4) is 0 Å². The van der Waals surface area contributed by atoms with Gasteiger partial charge in [-0.15, -0.1) is 0 Å². The third-order valence-electron chi connectivity index (χ3n) is 3.11. The van der Waals surface area contributed by atoms with Crippen molar-refractivity contribution in [2.24, 2.45) is 0 Å². The van der Waals surface area contributed by atoms with Gasteiger partial charge in [0, 0.05) is 31.0 Å². The Morgan fingerprint density at radius 2 is 1.81 bits per heavy atom. The average molecular weight is 313 g/mol. The fourth-order valence-electron chi connectivity index (χ4n) is 1.94. The Bertz CT molecular complexity index is 300. The number of hydrogen-bond donors (Lipinski definition) is 0. The number of hydrogen-bond acceptors (Lipinski definition) is 2. The van der Waals surface area contributed by atoms with Crippen LogP contribution in [-0.2, 0) is 10.2 Å². The van der Waals surface area contributed by atoms with Crippen molar-refractivity contribution in [3.05, 3.63) is 0 Å². The molecule has 0 saturated heterocycles. The molecular formula is C10H21BrN2O2S. The number of halogens is 1. The zero-order valence-electron chi connectivity index (χ0n) is 10.0. The fourth-order valence-corrected chi connectivity index (χ4v) is 4.42. The maximum absolute atomic E-state index is 12.3. The predicted molar refractivity (Wildman–Crippen MR) is 70.0 cm³/mol. The van der Waals surface area contributed by atoms with E-state index in [9.17, 15) is 8.42 Å². The van der Waals surface area contributed by atoms with Gasteiger partial charge in [0.15, 0.2) is 0 Å². The number of nitrogens with zero attached hydrogens (tertiary/aromatic N) is 2. The van der Waals surface area contributed by atoms with Gasteiger partial charge < -0.3 is 0 Å². The number of rotatable bonds is 7. The molecule has 0 N–H and O–H groups in total. The van der Waals surface area contributed by atoms with Crippen molar-refractivity contribution in [2.75, 3.05) is 25.0 Å². The highest BCUT2D eigenvalue weighted by Crippen LogP contribution is 2.28. The highest BCUT2D eigenvalue weighted by atomic mass is 79.9. The average Bonchev–Trinajstić information content (AvgIpc) is 2.16. The maximum atomic E-state index is 12.3. The van der Waals surface area contributed by atoms with Crippen molar-refractivity contribution in [1.29, 1.82) is 0 Å². The first-order valence-electron chi connectivity index (χ1n) is 5.90. The second-order valence-electron chi connectivity index (χ2n) is 3.98. The second kappa shape index (κ2) is 6.33. The smallest absolute Gasteiger partial charge is 0.195 e. The number of alkyl halides is 1. The van der Waals surface area contributed by atoms with Gasteiger partial charge in [-0.25, -0.2) is 0 Å². The fraction of sp³-hybridized carbons (Fsp3) is 1.00. The summed E-state index contributed by atoms with van der Waals surface area (Å²) in [6.45, 7) is 5.43. The van der Waals surface area contributed by atoms with E-state index in [-0.39, 0.29) is 6.04 Å². The summed E-state index contributed by atoms with van der Waals surface area (Å²) in [5.41, 5.74) is 0. The molecule has 0 amide bonds. The van der Waals surface area contributed by atoms with Gasteiger partial charge in [0.1, 0.15) is 0 Å². The third-order valence-corrected chi connectivity index (χ3v) is 5.71. The first-order chi connectivity index (χ1) is 7.57. The van der Waals surface area contributed by atoms with Crippen LogP contribution in [0.2, 0.25) is 0 Å². The zero-order valence-corrected chi connectivity index (χ0v) is 12.4. The van der Waals surface area contributed by atoms with Crippen LogP contribution in [0, 0.1) is 0 Å². The van der Waals surface area contributed by atoms with Gasteiger partial charge in [-0.1, -0.05) is 36.2 Å². The van der Waals surface area contributed by atoms with Gasteiger partial charge in [-0.3, -0.25) is 0 Å². The van der Waals surface area contributed by atoms with E-state index in [0.717, 1.165) is 19.3 Å². The lowest BCUT2D eigenvalue weighted by Crippen LogP contribution is -2.51. The van der Waals surface area contributed by atoms with Gasteiger partial charge in [-0.2, -0.15) is 17.0 Å². The predicted octanol–water partition coefficient (Wildman–Crippen LogP) is 1.82. The molecule has 4 nitrogen and oxygen atoms in total. The molecule has 16 heavy (non-hydrogen) atoms. The van der Waals surface area contributed by atoms with Crippen molar-refractivity contribution in [1.82, 2.24) is 8.61 Å². The molecule has 0 radical (unpaired) electrons. The topological polar surface area (TPSA) is 40.6 Å². The van der Waals surface area contributed by atoms with Crippen LogP contribution in [0.15, 0.2) is 0 Å². The Balaban J connectivity index is 2.82. The normalized spacial score (nSPS) is 18.1. The Labute approximate surface area is 107 Å². The summed E-state index contributed by atoms with van der Waals surface area (Å²) < 4.78 is 27.9. The van der Waals surface area contributed by atoms with Crippen molar-refractivity contribution >= 4 is 26.1 Å². The standard InChI is InChI=1S/C10H21BrN2O2S/c1-3-12(4-2)16(14,15)13(9-8-11)10-6-5-7-10/h10H,3-9H2,1-2H3. The van der Waals surface area contributed by atoms with Gasteiger partial charge in [-0.05, 0) is 12.8 Å². The van der Waals surface area contributed by atoms with E-state index >= 15 is 0 Å². The Morgan fingerprint density at radius 3 is 2.12 bits per heavy atom. The molecule has 1 aliphatic rings. The Hall–Kier alpha value is 0.350. The van der Waals surface area contributed by atoms with Crippen molar-refractivity contribution in [3.8, 4) is 0 Å². The Morgan fingerprint density at radius 1 is 1.25 bits per heavy atom. The van der Waals surface area contributed by atoms with Crippen LogP contribution in [0.5, 0.6) is 0 Å². The van der Waals surface area contributed by atoms with E-state index in [4.69, 9.17) is 0 Å². The van der Waals surface area contributed by atoms with Crippen LogP contribution in [-0.4, -0.2) is 48.0 Å². The summed E-state index contributed by atoms with van der Waals surface area (Å²) in [6.07, 6.45) is 3.16. The van der Waals surface area contributed by atoms with Gasteiger partial charge in [0.2, 0.25) is 0 Å². The summed E-state index contributed by atoms with van der Waals surface area (Å²) >= 11 is 3.33. The lowest BCUT2D eigenvalue weighted by molar-refractivity contribution is 0.213. The van der Waals surface area contributed by atoms with E-state index in [1.807, 2.05) is 13.8 Å².